The fourth-order valence-electron chi connectivity index (χ4n) is 1.98. The lowest BCUT2D eigenvalue weighted by molar-refractivity contribution is -0.385. The van der Waals surface area contributed by atoms with Crippen LogP contribution in [0.4, 0.5) is 5.69 Å². The van der Waals surface area contributed by atoms with Gasteiger partial charge in [0.1, 0.15) is 5.69 Å². The van der Waals surface area contributed by atoms with E-state index >= 15 is 0 Å². The summed E-state index contributed by atoms with van der Waals surface area (Å²) in [5, 5.41) is 19.3. The monoisotopic (exact) mass is 293 g/mol. The van der Waals surface area contributed by atoms with Crippen molar-refractivity contribution in [2.45, 2.75) is 27.3 Å². The number of aryl methyl sites for hydroxylation is 2. The Labute approximate surface area is 120 Å². The van der Waals surface area contributed by atoms with Crippen molar-refractivity contribution in [3.05, 3.63) is 33.8 Å². The molecule has 0 amide bonds. The molecular weight excluding hydrogens is 278 g/mol. The molecule has 2 heterocycles. The largest absolute Gasteiger partial charge is 0.462 e. The van der Waals surface area contributed by atoms with E-state index in [2.05, 4.69) is 10.2 Å². The van der Waals surface area contributed by atoms with Gasteiger partial charge in [-0.2, -0.15) is 10.2 Å². The average Bonchev–Trinajstić information content (AvgIpc) is 3.02. The van der Waals surface area contributed by atoms with E-state index in [-0.39, 0.29) is 23.7 Å². The van der Waals surface area contributed by atoms with Gasteiger partial charge in [0.15, 0.2) is 0 Å². The second-order valence-electron chi connectivity index (χ2n) is 4.22. The number of hydrogen-bond donors (Lipinski definition) is 0. The number of ether oxygens (including phenoxy) is 1. The smallest absolute Gasteiger partial charge is 0.341 e. The maximum absolute atomic E-state index is 11.6. The highest BCUT2D eigenvalue weighted by Crippen LogP contribution is 2.26. The molecular formula is C12H15N5O4. The lowest BCUT2D eigenvalue weighted by Crippen LogP contribution is -2.08. The minimum absolute atomic E-state index is 0.129. The van der Waals surface area contributed by atoms with Gasteiger partial charge in [0.2, 0.25) is 5.82 Å². The van der Waals surface area contributed by atoms with E-state index in [1.54, 1.807) is 13.8 Å². The van der Waals surface area contributed by atoms with Crippen LogP contribution in [0.5, 0.6) is 0 Å². The number of nitrogens with zero attached hydrogens (tertiary/aromatic N) is 5. The van der Waals surface area contributed by atoms with Crippen molar-refractivity contribution < 1.29 is 14.5 Å². The van der Waals surface area contributed by atoms with Crippen LogP contribution in [0.25, 0.3) is 5.82 Å². The summed E-state index contributed by atoms with van der Waals surface area (Å²) in [4.78, 5) is 22.3. The third-order valence-corrected chi connectivity index (χ3v) is 2.86. The Morgan fingerprint density at radius 3 is 2.76 bits per heavy atom. The van der Waals surface area contributed by atoms with E-state index in [9.17, 15) is 14.9 Å². The second kappa shape index (κ2) is 5.73. The van der Waals surface area contributed by atoms with Crippen molar-refractivity contribution in [3.63, 3.8) is 0 Å². The van der Waals surface area contributed by atoms with E-state index in [1.165, 1.54) is 21.8 Å². The SMILES string of the molecule is CCOC(=O)c1cnn(-c2c([N+](=O)[O-])c(C)nn2CC)c1. The van der Waals surface area contributed by atoms with Gasteiger partial charge in [0.05, 0.1) is 23.3 Å². The molecule has 112 valence electrons. The van der Waals surface area contributed by atoms with E-state index in [0.29, 0.717) is 12.2 Å². The number of nitro groups is 1. The molecule has 0 aromatic carbocycles. The Balaban J connectivity index is 2.51. The molecule has 0 bridgehead atoms. The second-order valence-corrected chi connectivity index (χ2v) is 4.22. The number of rotatable bonds is 5. The number of carbonyl (C=O) groups excluding carboxylic acids is 1. The Kier molecular flexibility index (Phi) is 4.01. The van der Waals surface area contributed by atoms with Crippen LogP contribution in [0.1, 0.15) is 29.9 Å². The highest BCUT2D eigenvalue weighted by atomic mass is 16.6. The van der Waals surface area contributed by atoms with Crippen molar-refractivity contribution in [2.24, 2.45) is 0 Å². The third kappa shape index (κ3) is 2.62. The molecule has 0 aliphatic carbocycles. The molecule has 2 aromatic rings. The molecule has 0 radical (unpaired) electrons. The van der Waals surface area contributed by atoms with Gasteiger partial charge in [-0.1, -0.05) is 0 Å². The van der Waals surface area contributed by atoms with Crippen LogP contribution < -0.4 is 0 Å². The van der Waals surface area contributed by atoms with Crippen LogP contribution in [0.15, 0.2) is 12.4 Å². The van der Waals surface area contributed by atoms with Crippen molar-refractivity contribution >= 4 is 11.7 Å². The minimum Gasteiger partial charge on any atom is -0.462 e. The highest BCUT2D eigenvalue weighted by Gasteiger charge is 2.27. The third-order valence-electron chi connectivity index (χ3n) is 2.86. The fourth-order valence-corrected chi connectivity index (χ4v) is 1.98. The predicted octanol–water partition coefficient (Wildman–Crippen LogP) is 1.48. The molecule has 9 heteroatoms. The van der Waals surface area contributed by atoms with Crippen molar-refractivity contribution in [1.29, 1.82) is 0 Å². The van der Waals surface area contributed by atoms with Gasteiger partial charge in [-0.3, -0.25) is 10.1 Å². The molecule has 2 aromatic heterocycles. The highest BCUT2D eigenvalue weighted by molar-refractivity contribution is 5.88. The predicted molar refractivity (Wildman–Crippen MR) is 72.4 cm³/mol. The van der Waals surface area contributed by atoms with E-state index in [4.69, 9.17) is 4.74 Å². The van der Waals surface area contributed by atoms with Gasteiger partial charge in [-0.15, -0.1) is 0 Å². The van der Waals surface area contributed by atoms with Gasteiger partial charge in [-0.05, 0) is 20.8 Å². The molecule has 0 aliphatic heterocycles. The summed E-state index contributed by atoms with van der Waals surface area (Å²) in [6.07, 6.45) is 2.71. The zero-order valence-corrected chi connectivity index (χ0v) is 11.9. The molecule has 9 nitrogen and oxygen atoms in total. The topological polar surface area (TPSA) is 105 Å². The molecule has 0 fully saturated rings. The van der Waals surface area contributed by atoms with Crippen molar-refractivity contribution in [2.75, 3.05) is 6.61 Å². The minimum atomic E-state index is -0.523. The Morgan fingerprint density at radius 1 is 1.48 bits per heavy atom. The number of hydrogen-bond acceptors (Lipinski definition) is 6. The normalized spacial score (nSPS) is 10.6. The first-order chi connectivity index (χ1) is 9.99. The van der Waals surface area contributed by atoms with Crippen molar-refractivity contribution in [3.8, 4) is 5.82 Å². The molecule has 0 atom stereocenters. The van der Waals surface area contributed by atoms with Crippen molar-refractivity contribution in [1.82, 2.24) is 19.6 Å². The van der Waals surface area contributed by atoms with Crippen LogP contribution in [0.3, 0.4) is 0 Å². The number of esters is 1. The maximum atomic E-state index is 11.6. The standard InChI is InChI=1S/C12H15N5O4/c1-4-15-11(10(17(19)20)8(3)14-15)16-7-9(6-13-16)12(18)21-5-2/h6-7H,4-5H2,1-3H3. The van der Waals surface area contributed by atoms with Gasteiger partial charge >= 0.3 is 11.7 Å². The molecule has 21 heavy (non-hydrogen) atoms. The van der Waals surface area contributed by atoms with Crippen LogP contribution in [0, 0.1) is 17.0 Å². The summed E-state index contributed by atoms with van der Waals surface area (Å²) in [5.74, 6) is -0.304. The zero-order chi connectivity index (χ0) is 15.6. The van der Waals surface area contributed by atoms with Crippen LogP contribution >= 0.6 is 0 Å². The first kappa shape index (κ1) is 14.7. The number of carbonyl (C=O) groups is 1. The quantitative estimate of drug-likeness (QED) is 0.469. The van der Waals surface area contributed by atoms with Gasteiger partial charge in [-0.25, -0.2) is 14.2 Å². The fraction of sp³-hybridized carbons (Fsp3) is 0.417. The molecule has 0 aliphatic rings. The van der Waals surface area contributed by atoms with Crippen LogP contribution in [-0.4, -0.2) is 37.1 Å². The molecule has 0 spiro atoms. The van der Waals surface area contributed by atoms with Gasteiger partial charge < -0.3 is 4.74 Å². The first-order valence-corrected chi connectivity index (χ1v) is 6.43. The lowest BCUT2D eigenvalue weighted by Gasteiger charge is -2.03. The molecule has 0 N–H and O–H groups in total. The summed E-state index contributed by atoms with van der Waals surface area (Å²) in [6.45, 7) is 5.76. The van der Waals surface area contributed by atoms with Crippen LogP contribution in [-0.2, 0) is 11.3 Å². The van der Waals surface area contributed by atoms with E-state index < -0.39 is 10.9 Å². The zero-order valence-electron chi connectivity index (χ0n) is 11.9. The Bertz CT molecular complexity index is 688. The van der Waals surface area contributed by atoms with Gasteiger partial charge in [0.25, 0.3) is 0 Å². The number of aromatic nitrogens is 4. The molecule has 0 saturated heterocycles. The summed E-state index contributed by atoms with van der Waals surface area (Å²) >= 11 is 0. The first-order valence-electron chi connectivity index (χ1n) is 6.43. The molecule has 0 unspecified atom stereocenters. The molecule has 2 rings (SSSR count). The maximum Gasteiger partial charge on any atom is 0.341 e. The Morgan fingerprint density at radius 2 is 2.19 bits per heavy atom. The Hall–Kier alpha value is -2.71. The van der Waals surface area contributed by atoms with Crippen LogP contribution in [0.2, 0.25) is 0 Å². The summed E-state index contributed by atoms with van der Waals surface area (Å²) in [5.41, 5.74) is 0.396. The van der Waals surface area contributed by atoms with E-state index in [1.807, 2.05) is 6.92 Å². The summed E-state index contributed by atoms with van der Waals surface area (Å²) < 4.78 is 7.61. The van der Waals surface area contributed by atoms with Gasteiger partial charge in [0, 0.05) is 12.7 Å². The van der Waals surface area contributed by atoms with E-state index in [0.717, 1.165) is 0 Å². The molecule has 0 saturated carbocycles. The lowest BCUT2D eigenvalue weighted by atomic mass is 10.3. The summed E-state index contributed by atoms with van der Waals surface area (Å²) in [7, 11) is 0. The average molecular weight is 293 g/mol. The summed E-state index contributed by atoms with van der Waals surface area (Å²) in [6, 6.07) is 0.